The molecule has 0 nitrogen and oxygen atoms in total. The Balaban J connectivity index is 3.85. The zero-order valence-electron chi connectivity index (χ0n) is 4.95. The second kappa shape index (κ2) is 3.50. The van der Waals surface area contributed by atoms with E-state index in [0.717, 1.165) is 5.57 Å². The summed E-state index contributed by atoms with van der Waals surface area (Å²) in [4.78, 5) is 0. The van der Waals surface area contributed by atoms with E-state index in [1.165, 1.54) is 0 Å². The summed E-state index contributed by atoms with van der Waals surface area (Å²) in [5, 5.41) is 0.503. The maximum Gasteiger partial charge on any atom is 0.0400 e. The molecule has 0 aromatic carbocycles. The van der Waals surface area contributed by atoms with E-state index < -0.39 is 0 Å². The van der Waals surface area contributed by atoms with Crippen LogP contribution in [0.1, 0.15) is 6.92 Å². The Hall–Kier alpha value is -0.490. The van der Waals surface area contributed by atoms with E-state index in [9.17, 15) is 0 Å². The van der Waals surface area contributed by atoms with E-state index >= 15 is 0 Å². The first-order chi connectivity index (χ1) is 3.68. The summed E-state index contributed by atoms with van der Waals surface area (Å²) in [5.41, 5.74) is 0.772. The molecule has 0 radical (unpaired) electrons. The summed E-state index contributed by atoms with van der Waals surface area (Å²) in [7, 11) is 0. The fourth-order valence-corrected chi connectivity index (χ4v) is 0.355. The van der Waals surface area contributed by atoms with Gasteiger partial charge in [0.05, 0.1) is 0 Å². The maximum atomic E-state index is 5.46. The van der Waals surface area contributed by atoms with Crippen molar-refractivity contribution >= 4 is 11.6 Å². The molecule has 8 heavy (non-hydrogen) atoms. The van der Waals surface area contributed by atoms with Gasteiger partial charge >= 0.3 is 0 Å². The van der Waals surface area contributed by atoms with Gasteiger partial charge in [-0.1, -0.05) is 36.9 Å². The van der Waals surface area contributed by atoms with Gasteiger partial charge in [-0.2, -0.15) is 0 Å². The molecule has 0 aliphatic rings. The van der Waals surface area contributed by atoms with Gasteiger partial charge in [-0.05, 0) is 12.5 Å². The van der Waals surface area contributed by atoms with Crippen molar-refractivity contribution in [2.24, 2.45) is 0 Å². The van der Waals surface area contributed by atoms with Gasteiger partial charge in [0.15, 0.2) is 0 Å². The molecule has 0 fully saturated rings. The monoisotopic (exact) mass is 128 g/mol. The molecule has 0 spiro atoms. The predicted molar refractivity (Wildman–Crippen MR) is 38.9 cm³/mol. The SMILES string of the molecule is C=C(Cl)C(=C)/C=C\C. The van der Waals surface area contributed by atoms with Crippen LogP contribution < -0.4 is 0 Å². The standard InChI is InChI=1S/C7H9Cl/c1-4-5-6(2)7(3)8/h4-5H,2-3H2,1H3/b5-4-. The van der Waals surface area contributed by atoms with Crippen LogP contribution in [0, 0.1) is 0 Å². The second-order valence-corrected chi connectivity index (χ2v) is 1.89. The van der Waals surface area contributed by atoms with Crippen LogP contribution in [0.25, 0.3) is 0 Å². The molecule has 0 saturated carbocycles. The van der Waals surface area contributed by atoms with Crippen molar-refractivity contribution in [3.63, 3.8) is 0 Å². The number of hydrogen-bond donors (Lipinski definition) is 0. The van der Waals surface area contributed by atoms with Crippen molar-refractivity contribution in [2.75, 3.05) is 0 Å². The maximum absolute atomic E-state index is 5.46. The van der Waals surface area contributed by atoms with Crippen LogP contribution in [0.4, 0.5) is 0 Å². The Bertz CT molecular complexity index is 131. The van der Waals surface area contributed by atoms with E-state index in [-0.39, 0.29) is 0 Å². The predicted octanol–water partition coefficient (Wildman–Crippen LogP) is 2.87. The molecule has 0 atom stereocenters. The lowest BCUT2D eigenvalue weighted by molar-refractivity contribution is 1.65. The quantitative estimate of drug-likeness (QED) is 0.502. The topological polar surface area (TPSA) is 0 Å². The summed E-state index contributed by atoms with van der Waals surface area (Å²) in [6, 6.07) is 0. The molecule has 0 amide bonds. The number of halogens is 1. The lowest BCUT2D eigenvalue weighted by Gasteiger charge is -1.89. The second-order valence-electron chi connectivity index (χ2n) is 1.43. The molecule has 0 unspecified atom stereocenters. The first-order valence-electron chi connectivity index (χ1n) is 2.35. The van der Waals surface area contributed by atoms with Gasteiger partial charge in [-0.25, -0.2) is 0 Å². The van der Waals surface area contributed by atoms with Gasteiger partial charge < -0.3 is 0 Å². The van der Waals surface area contributed by atoms with Gasteiger partial charge in [-0.3, -0.25) is 0 Å². The third kappa shape index (κ3) is 2.64. The molecule has 0 aromatic rings. The number of hydrogen-bond acceptors (Lipinski definition) is 0. The molecule has 0 N–H and O–H groups in total. The highest BCUT2D eigenvalue weighted by Gasteiger charge is 1.85. The number of allylic oxidation sites excluding steroid dienone is 4. The Morgan fingerprint density at radius 2 is 2.00 bits per heavy atom. The highest BCUT2D eigenvalue weighted by Crippen LogP contribution is 2.09. The van der Waals surface area contributed by atoms with Crippen LogP contribution in [0.2, 0.25) is 0 Å². The summed E-state index contributed by atoms with van der Waals surface area (Å²) < 4.78 is 0. The third-order valence-corrected chi connectivity index (χ3v) is 0.959. The van der Waals surface area contributed by atoms with Crippen LogP contribution in [-0.2, 0) is 0 Å². The fraction of sp³-hybridized carbons (Fsp3) is 0.143. The van der Waals surface area contributed by atoms with E-state index in [1.807, 2.05) is 19.1 Å². The molecule has 0 aliphatic carbocycles. The van der Waals surface area contributed by atoms with Crippen LogP contribution >= 0.6 is 11.6 Å². The molecule has 0 saturated heterocycles. The molecule has 0 heterocycles. The molecule has 0 aromatic heterocycles. The molecule has 0 bridgehead atoms. The highest BCUT2D eigenvalue weighted by molar-refractivity contribution is 6.31. The van der Waals surface area contributed by atoms with E-state index in [1.54, 1.807) is 0 Å². The average molecular weight is 129 g/mol. The first kappa shape index (κ1) is 7.51. The molecular weight excluding hydrogens is 120 g/mol. The Labute approximate surface area is 55.2 Å². The summed E-state index contributed by atoms with van der Waals surface area (Å²) >= 11 is 5.46. The largest absolute Gasteiger partial charge is 0.0903 e. The normalized spacial score (nSPS) is 9.75. The molecule has 0 rings (SSSR count). The summed E-state index contributed by atoms with van der Waals surface area (Å²) in [6.07, 6.45) is 3.69. The molecule has 0 aliphatic heterocycles. The van der Waals surface area contributed by atoms with E-state index in [2.05, 4.69) is 13.2 Å². The van der Waals surface area contributed by atoms with Crippen LogP contribution in [0.3, 0.4) is 0 Å². The third-order valence-electron chi connectivity index (χ3n) is 0.716. The van der Waals surface area contributed by atoms with Crippen LogP contribution in [0.5, 0.6) is 0 Å². The average Bonchev–Trinajstić information content (AvgIpc) is 1.67. The Morgan fingerprint density at radius 1 is 1.50 bits per heavy atom. The van der Waals surface area contributed by atoms with Crippen molar-refractivity contribution in [3.05, 3.63) is 35.9 Å². The first-order valence-corrected chi connectivity index (χ1v) is 2.72. The lowest BCUT2D eigenvalue weighted by Crippen LogP contribution is -1.68. The van der Waals surface area contributed by atoms with E-state index in [0.29, 0.717) is 5.03 Å². The molecule has 44 valence electrons. The highest BCUT2D eigenvalue weighted by atomic mass is 35.5. The van der Waals surface area contributed by atoms with Gasteiger partial charge in [0.2, 0.25) is 0 Å². The fourth-order valence-electron chi connectivity index (χ4n) is 0.292. The number of rotatable bonds is 2. The van der Waals surface area contributed by atoms with Crippen molar-refractivity contribution < 1.29 is 0 Å². The molecular formula is C7H9Cl. The van der Waals surface area contributed by atoms with Gasteiger partial charge in [0.1, 0.15) is 0 Å². The van der Waals surface area contributed by atoms with Crippen molar-refractivity contribution in [3.8, 4) is 0 Å². The van der Waals surface area contributed by atoms with Crippen molar-refractivity contribution in [2.45, 2.75) is 6.92 Å². The molecule has 1 heteroatoms. The van der Waals surface area contributed by atoms with Crippen molar-refractivity contribution in [1.82, 2.24) is 0 Å². The zero-order chi connectivity index (χ0) is 6.57. The van der Waals surface area contributed by atoms with Gasteiger partial charge in [-0.15, -0.1) is 0 Å². The van der Waals surface area contributed by atoms with E-state index in [4.69, 9.17) is 11.6 Å². The smallest absolute Gasteiger partial charge is 0.0400 e. The Kier molecular flexibility index (Phi) is 3.29. The minimum atomic E-state index is 0.503. The van der Waals surface area contributed by atoms with Crippen LogP contribution in [0.15, 0.2) is 35.9 Å². The summed E-state index contributed by atoms with van der Waals surface area (Å²) in [6.45, 7) is 9.02. The summed E-state index contributed by atoms with van der Waals surface area (Å²) in [5.74, 6) is 0. The minimum Gasteiger partial charge on any atom is -0.0903 e. The van der Waals surface area contributed by atoms with Gasteiger partial charge in [0.25, 0.3) is 0 Å². The lowest BCUT2D eigenvalue weighted by atomic mass is 10.3. The van der Waals surface area contributed by atoms with Crippen molar-refractivity contribution in [1.29, 1.82) is 0 Å². The zero-order valence-corrected chi connectivity index (χ0v) is 5.70. The minimum absolute atomic E-state index is 0.503. The van der Waals surface area contributed by atoms with Gasteiger partial charge in [0, 0.05) is 5.03 Å². The van der Waals surface area contributed by atoms with Crippen LogP contribution in [-0.4, -0.2) is 0 Å². The Morgan fingerprint density at radius 3 is 2.12 bits per heavy atom.